The number of rotatable bonds is 6. The Kier molecular flexibility index (Phi) is 6.74. The first kappa shape index (κ1) is 16.7. The topological polar surface area (TPSA) is 82.1 Å². The Morgan fingerprint density at radius 3 is 2.75 bits per heavy atom. The summed E-state index contributed by atoms with van der Waals surface area (Å²) >= 11 is 0. The molecule has 7 heteroatoms. The Hall–Kier alpha value is -1.34. The van der Waals surface area contributed by atoms with Crippen LogP contribution in [0.25, 0.3) is 0 Å². The minimum atomic E-state index is -1.02. The fraction of sp³-hybridized carbons (Fsp3) is 0.846. The van der Waals surface area contributed by atoms with Gasteiger partial charge in [0.15, 0.2) is 0 Å². The van der Waals surface area contributed by atoms with Crippen molar-refractivity contribution in [1.29, 1.82) is 0 Å². The number of aliphatic carboxylic acids is 1. The van der Waals surface area contributed by atoms with Crippen LogP contribution in [0.15, 0.2) is 0 Å². The zero-order chi connectivity index (χ0) is 15.1. The Balaban J connectivity index is 2.53. The number of carboxylic acids is 1. The summed E-state index contributed by atoms with van der Waals surface area (Å²) in [6.45, 7) is 4.25. The molecular weight excluding hydrogens is 262 g/mol. The molecule has 2 N–H and O–H groups in total. The van der Waals surface area contributed by atoms with Gasteiger partial charge in [0, 0.05) is 26.2 Å². The predicted octanol–water partition coefficient (Wildman–Crippen LogP) is 0.0692. The maximum absolute atomic E-state index is 12.2. The lowest BCUT2D eigenvalue weighted by atomic mass is 9.94. The minimum absolute atomic E-state index is 0.0949. The third kappa shape index (κ3) is 5.34. The molecule has 0 aliphatic carbocycles. The Morgan fingerprint density at radius 1 is 1.50 bits per heavy atom. The Bertz CT molecular complexity index is 338. The van der Waals surface area contributed by atoms with Crippen molar-refractivity contribution >= 4 is 12.0 Å². The number of hydrogen-bond donors (Lipinski definition) is 2. The number of urea groups is 1. The summed E-state index contributed by atoms with van der Waals surface area (Å²) in [5.74, 6) is -0.667. The van der Waals surface area contributed by atoms with Gasteiger partial charge in [-0.25, -0.2) is 4.79 Å². The molecule has 7 nitrogen and oxygen atoms in total. The van der Waals surface area contributed by atoms with E-state index in [2.05, 4.69) is 24.2 Å². The zero-order valence-corrected chi connectivity index (χ0v) is 12.5. The molecule has 1 heterocycles. The van der Waals surface area contributed by atoms with Crippen LogP contribution in [0.1, 0.15) is 13.3 Å². The summed E-state index contributed by atoms with van der Waals surface area (Å²) in [5, 5.41) is 11.8. The van der Waals surface area contributed by atoms with E-state index in [4.69, 9.17) is 9.84 Å². The SMILES string of the molecule is COCCN(CC(=O)O)C(=O)NC1CCN(C)CC1C. The smallest absolute Gasteiger partial charge is 0.323 e. The Labute approximate surface area is 119 Å². The van der Waals surface area contributed by atoms with Crippen molar-refractivity contribution in [2.45, 2.75) is 19.4 Å². The molecule has 20 heavy (non-hydrogen) atoms. The summed E-state index contributed by atoms with van der Waals surface area (Å²) in [6.07, 6.45) is 0.884. The van der Waals surface area contributed by atoms with Crippen LogP contribution in [-0.2, 0) is 9.53 Å². The lowest BCUT2D eigenvalue weighted by Crippen LogP contribution is -2.53. The monoisotopic (exact) mass is 287 g/mol. The molecule has 0 aromatic heterocycles. The summed E-state index contributed by atoms with van der Waals surface area (Å²) in [7, 11) is 3.58. The van der Waals surface area contributed by atoms with Crippen LogP contribution in [-0.4, -0.2) is 79.9 Å². The zero-order valence-electron chi connectivity index (χ0n) is 12.5. The molecule has 1 aliphatic heterocycles. The van der Waals surface area contributed by atoms with Gasteiger partial charge >= 0.3 is 12.0 Å². The molecular formula is C13H25N3O4. The van der Waals surface area contributed by atoms with E-state index in [1.54, 1.807) is 0 Å². The van der Waals surface area contributed by atoms with Gasteiger partial charge in [-0.3, -0.25) is 4.79 Å². The van der Waals surface area contributed by atoms with E-state index in [0.717, 1.165) is 19.5 Å². The molecule has 0 spiro atoms. The third-order valence-corrected chi connectivity index (χ3v) is 3.60. The number of hydrogen-bond acceptors (Lipinski definition) is 4. The van der Waals surface area contributed by atoms with E-state index >= 15 is 0 Å². The number of likely N-dealkylation sites (tertiary alicyclic amines) is 1. The highest BCUT2D eigenvalue weighted by Crippen LogP contribution is 2.15. The second kappa shape index (κ2) is 8.06. The highest BCUT2D eigenvalue weighted by atomic mass is 16.5. The molecule has 1 fully saturated rings. The molecule has 2 amide bonds. The van der Waals surface area contributed by atoms with Crippen LogP contribution in [0.4, 0.5) is 4.79 Å². The van der Waals surface area contributed by atoms with E-state index in [9.17, 15) is 9.59 Å². The van der Waals surface area contributed by atoms with E-state index in [0.29, 0.717) is 12.5 Å². The van der Waals surface area contributed by atoms with Gasteiger partial charge in [-0.2, -0.15) is 0 Å². The lowest BCUT2D eigenvalue weighted by Gasteiger charge is -2.36. The molecule has 1 aliphatic rings. The van der Waals surface area contributed by atoms with E-state index in [1.165, 1.54) is 12.0 Å². The number of amides is 2. The van der Waals surface area contributed by atoms with Gasteiger partial charge in [-0.05, 0) is 25.9 Å². The molecule has 0 radical (unpaired) electrons. The quantitative estimate of drug-likeness (QED) is 0.722. The first-order chi connectivity index (χ1) is 9.43. The molecule has 0 bridgehead atoms. The van der Waals surface area contributed by atoms with Gasteiger partial charge in [0.25, 0.3) is 0 Å². The van der Waals surface area contributed by atoms with Crippen molar-refractivity contribution in [3.05, 3.63) is 0 Å². The maximum Gasteiger partial charge on any atom is 0.323 e. The Morgan fingerprint density at radius 2 is 2.20 bits per heavy atom. The second-order valence-electron chi connectivity index (χ2n) is 5.39. The van der Waals surface area contributed by atoms with Gasteiger partial charge < -0.3 is 25.0 Å². The van der Waals surface area contributed by atoms with E-state index < -0.39 is 5.97 Å². The van der Waals surface area contributed by atoms with E-state index in [1.807, 2.05) is 0 Å². The molecule has 116 valence electrons. The van der Waals surface area contributed by atoms with Crippen LogP contribution in [0.5, 0.6) is 0 Å². The van der Waals surface area contributed by atoms with Crippen molar-refractivity contribution in [2.75, 3.05) is 46.9 Å². The van der Waals surface area contributed by atoms with Crippen molar-refractivity contribution in [2.24, 2.45) is 5.92 Å². The maximum atomic E-state index is 12.2. The lowest BCUT2D eigenvalue weighted by molar-refractivity contribution is -0.137. The molecule has 0 saturated carbocycles. The van der Waals surface area contributed by atoms with Gasteiger partial charge in [0.05, 0.1) is 6.61 Å². The van der Waals surface area contributed by atoms with Gasteiger partial charge in [-0.1, -0.05) is 6.92 Å². The molecule has 0 aromatic rings. The summed E-state index contributed by atoms with van der Waals surface area (Å²) in [6, 6.07) is -0.233. The number of piperidine rings is 1. The summed E-state index contributed by atoms with van der Waals surface area (Å²) < 4.78 is 4.91. The number of carboxylic acid groups (broad SMARTS) is 1. The van der Waals surface area contributed by atoms with Gasteiger partial charge in [0.1, 0.15) is 6.54 Å². The standard InChI is InChI=1S/C13H25N3O4/c1-10-8-15(2)5-4-11(10)14-13(19)16(6-7-20-3)9-12(17)18/h10-11H,4-9H2,1-3H3,(H,14,19)(H,17,18). The molecule has 1 rings (SSSR count). The predicted molar refractivity (Wildman–Crippen MR) is 74.7 cm³/mol. The molecule has 2 unspecified atom stereocenters. The van der Waals surface area contributed by atoms with Crippen LogP contribution < -0.4 is 5.32 Å². The number of ether oxygens (including phenoxy) is 1. The number of nitrogens with zero attached hydrogens (tertiary/aromatic N) is 2. The van der Waals surface area contributed by atoms with Crippen LogP contribution in [0.2, 0.25) is 0 Å². The number of carbonyl (C=O) groups is 2. The van der Waals surface area contributed by atoms with Gasteiger partial charge in [-0.15, -0.1) is 0 Å². The summed E-state index contributed by atoms with van der Waals surface area (Å²) in [4.78, 5) is 26.5. The minimum Gasteiger partial charge on any atom is -0.480 e. The van der Waals surface area contributed by atoms with Crippen molar-refractivity contribution in [3.8, 4) is 0 Å². The fourth-order valence-corrected chi connectivity index (χ4v) is 2.44. The third-order valence-electron chi connectivity index (χ3n) is 3.60. The van der Waals surface area contributed by atoms with Gasteiger partial charge in [0.2, 0.25) is 0 Å². The molecule has 1 saturated heterocycles. The van der Waals surface area contributed by atoms with Crippen molar-refractivity contribution in [3.63, 3.8) is 0 Å². The number of nitrogens with one attached hydrogen (secondary N) is 1. The average molecular weight is 287 g/mol. The number of carbonyl (C=O) groups excluding carboxylic acids is 1. The average Bonchev–Trinajstić information content (AvgIpc) is 2.37. The molecule has 2 atom stereocenters. The second-order valence-corrected chi connectivity index (χ2v) is 5.39. The molecule has 0 aromatic carbocycles. The largest absolute Gasteiger partial charge is 0.480 e. The first-order valence-electron chi connectivity index (χ1n) is 6.88. The van der Waals surface area contributed by atoms with Crippen LogP contribution in [0.3, 0.4) is 0 Å². The normalized spacial score (nSPS) is 23.4. The number of methoxy groups -OCH3 is 1. The van der Waals surface area contributed by atoms with Crippen molar-refractivity contribution < 1.29 is 19.4 Å². The van der Waals surface area contributed by atoms with Crippen LogP contribution >= 0.6 is 0 Å². The van der Waals surface area contributed by atoms with E-state index in [-0.39, 0.29) is 25.2 Å². The highest BCUT2D eigenvalue weighted by molar-refractivity contribution is 5.80. The van der Waals surface area contributed by atoms with Crippen LogP contribution in [0, 0.1) is 5.92 Å². The highest BCUT2D eigenvalue weighted by Gasteiger charge is 2.27. The fourth-order valence-electron chi connectivity index (χ4n) is 2.44. The van der Waals surface area contributed by atoms with Crippen molar-refractivity contribution in [1.82, 2.24) is 15.1 Å². The summed E-state index contributed by atoms with van der Waals surface area (Å²) in [5.41, 5.74) is 0. The first-order valence-corrected chi connectivity index (χ1v) is 6.88.